The lowest BCUT2D eigenvalue weighted by atomic mass is 10.0. The first-order valence-corrected chi connectivity index (χ1v) is 9.62. The van der Waals surface area contributed by atoms with Crippen LogP contribution in [0, 0.1) is 10.1 Å². The first kappa shape index (κ1) is 19.6. The Kier molecular flexibility index (Phi) is 5.18. The molecule has 0 fully saturated rings. The lowest BCUT2D eigenvalue weighted by Crippen LogP contribution is -2.34. The summed E-state index contributed by atoms with van der Waals surface area (Å²) >= 11 is 0. The van der Waals surface area contributed by atoms with Gasteiger partial charge in [0, 0.05) is 31.0 Å². The van der Waals surface area contributed by atoms with Gasteiger partial charge < -0.3 is 10.1 Å². The van der Waals surface area contributed by atoms with Crippen LogP contribution < -0.4 is 10.1 Å². The summed E-state index contributed by atoms with van der Waals surface area (Å²) in [5.41, 5.74) is 0.377. The van der Waals surface area contributed by atoms with Crippen molar-refractivity contribution in [2.45, 2.75) is 25.3 Å². The van der Waals surface area contributed by atoms with E-state index in [1.54, 1.807) is 0 Å². The number of benzene rings is 2. The van der Waals surface area contributed by atoms with Crippen molar-refractivity contribution in [2.75, 3.05) is 13.2 Å². The predicted octanol–water partition coefficient (Wildman–Crippen LogP) is 2.61. The van der Waals surface area contributed by atoms with E-state index in [-0.39, 0.29) is 48.1 Å². The first-order valence-electron chi connectivity index (χ1n) is 9.62. The summed E-state index contributed by atoms with van der Waals surface area (Å²) in [7, 11) is 0. The van der Waals surface area contributed by atoms with E-state index in [4.69, 9.17) is 4.74 Å². The van der Waals surface area contributed by atoms with Crippen LogP contribution >= 0.6 is 0 Å². The second-order valence-electron chi connectivity index (χ2n) is 7.12. The molecule has 30 heavy (non-hydrogen) atoms. The highest BCUT2D eigenvalue weighted by molar-refractivity contribution is 6.23. The number of hydrogen-bond donors (Lipinski definition) is 1. The molecular formula is C21H19N3O6. The second kappa shape index (κ2) is 7.94. The maximum Gasteiger partial charge on any atom is 0.282 e. The quantitative estimate of drug-likeness (QED) is 0.445. The van der Waals surface area contributed by atoms with Gasteiger partial charge in [-0.2, -0.15) is 0 Å². The van der Waals surface area contributed by atoms with Gasteiger partial charge in [0.1, 0.15) is 11.3 Å². The molecule has 0 bridgehead atoms. The monoisotopic (exact) mass is 409 g/mol. The van der Waals surface area contributed by atoms with Crippen molar-refractivity contribution >= 4 is 23.4 Å². The van der Waals surface area contributed by atoms with Crippen molar-refractivity contribution in [2.24, 2.45) is 0 Å². The topological polar surface area (TPSA) is 119 Å². The fraction of sp³-hybridized carbons (Fsp3) is 0.286. The number of nitro groups is 1. The molecule has 1 N–H and O–H groups in total. The molecule has 3 amide bonds. The zero-order valence-electron chi connectivity index (χ0n) is 16.0. The highest BCUT2D eigenvalue weighted by atomic mass is 16.6. The molecule has 4 rings (SSSR count). The Morgan fingerprint density at radius 2 is 1.97 bits per heavy atom. The van der Waals surface area contributed by atoms with Crippen LogP contribution in [0.15, 0.2) is 42.5 Å². The third-order valence-corrected chi connectivity index (χ3v) is 5.25. The van der Waals surface area contributed by atoms with Gasteiger partial charge in [-0.05, 0) is 18.6 Å². The number of nitrogens with one attached hydrogen (secondary N) is 1. The number of para-hydroxylation sites is 1. The van der Waals surface area contributed by atoms with Crippen molar-refractivity contribution in [3.8, 4) is 5.75 Å². The van der Waals surface area contributed by atoms with Crippen molar-refractivity contribution in [3.05, 3.63) is 69.3 Å². The number of hydrogen-bond acceptors (Lipinski definition) is 6. The molecule has 0 aliphatic carbocycles. The SMILES string of the molecule is O=C(CCCN1C(=O)c2cccc([N+](=O)[O-])c2C1=O)NC1CCOc2ccccc21. The molecule has 2 aliphatic rings. The lowest BCUT2D eigenvalue weighted by molar-refractivity contribution is -0.385. The number of fused-ring (bicyclic) bond motifs is 2. The van der Waals surface area contributed by atoms with E-state index in [0.29, 0.717) is 13.0 Å². The second-order valence-corrected chi connectivity index (χ2v) is 7.12. The zero-order valence-corrected chi connectivity index (χ0v) is 16.0. The van der Waals surface area contributed by atoms with E-state index < -0.39 is 16.7 Å². The average molecular weight is 409 g/mol. The van der Waals surface area contributed by atoms with Gasteiger partial charge in [0.25, 0.3) is 17.5 Å². The Bertz CT molecular complexity index is 1050. The average Bonchev–Trinajstić information content (AvgIpc) is 2.99. The number of rotatable bonds is 6. The van der Waals surface area contributed by atoms with Crippen LogP contribution in [0.1, 0.15) is 51.6 Å². The van der Waals surface area contributed by atoms with Gasteiger partial charge in [-0.15, -0.1) is 0 Å². The number of imide groups is 1. The summed E-state index contributed by atoms with van der Waals surface area (Å²) in [4.78, 5) is 48.9. The van der Waals surface area contributed by atoms with E-state index in [1.807, 2.05) is 24.3 Å². The molecule has 2 aromatic carbocycles. The predicted molar refractivity (Wildman–Crippen MR) is 105 cm³/mol. The molecule has 9 nitrogen and oxygen atoms in total. The third-order valence-electron chi connectivity index (χ3n) is 5.25. The van der Waals surface area contributed by atoms with Crippen molar-refractivity contribution in [1.29, 1.82) is 0 Å². The molecule has 9 heteroatoms. The number of carbonyl (C=O) groups is 3. The number of nitrogens with zero attached hydrogens (tertiary/aromatic N) is 2. The van der Waals surface area contributed by atoms with E-state index >= 15 is 0 Å². The highest BCUT2D eigenvalue weighted by Crippen LogP contribution is 2.32. The largest absolute Gasteiger partial charge is 0.493 e. The standard InChI is InChI=1S/C21H19N3O6/c25-18(22-15-10-12-30-17-8-2-1-5-13(15)17)9-4-11-23-20(26)14-6-3-7-16(24(28)29)19(14)21(23)27/h1-3,5-8,15H,4,9-12H2,(H,22,25). The summed E-state index contributed by atoms with van der Waals surface area (Å²) in [5.74, 6) is -0.709. The van der Waals surface area contributed by atoms with Crippen LogP contribution in [0.2, 0.25) is 0 Å². The Balaban J connectivity index is 1.36. The smallest absolute Gasteiger partial charge is 0.282 e. The molecule has 2 aliphatic heterocycles. The molecule has 0 saturated heterocycles. The fourth-order valence-electron chi connectivity index (χ4n) is 3.83. The van der Waals surface area contributed by atoms with Gasteiger partial charge in [0.2, 0.25) is 5.91 Å². The summed E-state index contributed by atoms with van der Waals surface area (Å²) in [5, 5.41) is 14.1. The van der Waals surface area contributed by atoms with Gasteiger partial charge in [0.15, 0.2) is 0 Å². The number of ether oxygens (including phenoxy) is 1. The number of nitro benzene ring substituents is 1. The van der Waals surface area contributed by atoms with Crippen LogP contribution in [-0.4, -0.2) is 40.7 Å². The molecule has 0 radical (unpaired) electrons. The normalized spacial score (nSPS) is 17.2. The van der Waals surface area contributed by atoms with Crippen LogP contribution in [0.25, 0.3) is 0 Å². The molecule has 0 saturated carbocycles. The zero-order chi connectivity index (χ0) is 21.3. The molecule has 1 atom stereocenters. The Morgan fingerprint density at radius 1 is 1.17 bits per heavy atom. The minimum atomic E-state index is -0.693. The molecule has 0 aromatic heterocycles. The van der Waals surface area contributed by atoms with Gasteiger partial charge in [-0.25, -0.2) is 0 Å². The molecular weight excluding hydrogens is 390 g/mol. The summed E-state index contributed by atoms with van der Waals surface area (Å²) in [6.45, 7) is 0.525. The highest BCUT2D eigenvalue weighted by Gasteiger charge is 2.40. The number of carbonyl (C=O) groups excluding carboxylic acids is 3. The van der Waals surface area contributed by atoms with Gasteiger partial charge in [-0.1, -0.05) is 24.3 Å². The molecule has 2 aromatic rings. The summed E-state index contributed by atoms with van der Waals surface area (Å²) in [6, 6.07) is 11.4. The minimum absolute atomic E-state index is 0.0152. The van der Waals surface area contributed by atoms with Crippen molar-refractivity contribution < 1.29 is 24.0 Å². The van der Waals surface area contributed by atoms with Crippen molar-refractivity contribution in [3.63, 3.8) is 0 Å². The molecule has 0 spiro atoms. The Hall–Kier alpha value is -3.75. The Labute approximate surface area is 171 Å². The van der Waals surface area contributed by atoms with E-state index in [9.17, 15) is 24.5 Å². The van der Waals surface area contributed by atoms with Crippen LogP contribution in [-0.2, 0) is 4.79 Å². The van der Waals surface area contributed by atoms with Gasteiger partial charge in [-0.3, -0.25) is 29.4 Å². The maximum atomic E-state index is 12.5. The van der Waals surface area contributed by atoms with Crippen molar-refractivity contribution in [1.82, 2.24) is 10.2 Å². The molecule has 2 heterocycles. The minimum Gasteiger partial charge on any atom is -0.493 e. The molecule has 1 unspecified atom stereocenters. The lowest BCUT2D eigenvalue weighted by Gasteiger charge is -2.26. The van der Waals surface area contributed by atoms with E-state index in [0.717, 1.165) is 16.2 Å². The van der Waals surface area contributed by atoms with E-state index in [2.05, 4.69) is 5.32 Å². The van der Waals surface area contributed by atoms with Crippen LogP contribution in [0.5, 0.6) is 5.75 Å². The van der Waals surface area contributed by atoms with Crippen LogP contribution in [0.3, 0.4) is 0 Å². The first-order chi connectivity index (χ1) is 14.5. The Morgan fingerprint density at radius 3 is 2.77 bits per heavy atom. The molecule has 154 valence electrons. The van der Waals surface area contributed by atoms with E-state index in [1.165, 1.54) is 18.2 Å². The fourth-order valence-corrected chi connectivity index (χ4v) is 3.83. The van der Waals surface area contributed by atoms with Gasteiger partial charge in [0.05, 0.1) is 23.1 Å². The van der Waals surface area contributed by atoms with Gasteiger partial charge >= 0.3 is 0 Å². The van der Waals surface area contributed by atoms with Crippen LogP contribution in [0.4, 0.5) is 5.69 Å². The summed E-state index contributed by atoms with van der Waals surface area (Å²) in [6.07, 6.45) is 1.04. The number of amides is 3. The maximum absolute atomic E-state index is 12.5. The third kappa shape index (κ3) is 3.49. The summed E-state index contributed by atoms with van der Waals surface area (Å²) < 4.78 is 5.58.